The maximum absolute atomic E-state index is 3.27. The summed E-state index contributed by atoms with van der Waals surface area (Å²) in [6.45, 7) is 0. The van der Waals surface area contributed by atoms with Gasteiger partial charge in [-0.3, -0.25) is 0 Å². The minimum Gasteiger partial charge on any atom is -0.0801 e. The van der Waals surface area contributed by atoms with Crippen molar-refractivity contribution in [2.75, 3.05) is 0 Å². The fraction of sp³-hybridized carbons (Fsp3) is 0.273. The van der Waals surface area contributed by atoms with E-state index in [0.29, 0.717) is 5.92 Å². The summed E-state index contributed by atoms with van der Waals surface area (Å²) < 4.78 is 0. The minimum absolute atomic E-state index is 0.692. The van der Waals surface area contributed by atoms with E-state index in [9.17, 15) is 0 Å². The zero-order valence-corrected chi connectivity index (χ0v) is 6.46. The summed E-state index contributed by atoms with van der Waals surface area (Å²) in [4.78, 5) is 0. The van der Waals surface area contributed by atoms with E-state index in [1.54, 1.807) is 0 Å². The molecule has 2 rings (SSSR count). The molecule has 0 spiro atoms. The molecule has 1 aromatic carbocycles. The molecule has 0 aliphatic heterocycles. The van der Waals surface area contributed by atoms with E-state index in [1.807, 2.05) is 0 Å². The first-order valence-electron chi connectivity index (χ1n) is 4.07. The molecule has 55 valence electrons. The molecule has 0 saturated heterocycles. The van der Waals surface area contributed by atoms with Gasteiger partial charge in [0.2, 0.25) is 0 Å². The lowest BCUT2D eigenvalue weighted by Gasteiger charge is -2.16. The topological polar surface area (TPSA) is 0 Å². The SMILES string of the molecule is [C]1=CCC1Cc1ccccc1. The monoisotopic (exact) mass is 143 g/mol. The first-order chi connectivity index (χ1) is 5.45. The predicted octanol–water partition coefficient (Wildman–Crippen LogP) is 2.61. The van der Waals surface area contributed by atoms with E-state index in [4.69, 9.17) is 0 Å². The minimum atomic E-state index is 0.692. The lowest BCUT2D eigenvalue weighted by molar-refractivity contribution is 0.585. The van der Waals surface area contributed by atoms with Crippen LogP contribution in [-0.2, 0) is 6.42 Å². The first-order valence-corrected chi connectivity index (χ1v) is 4.07. The van der Waals surface area contributed by atoms with Crippen LogP contribution in [0.5, 0.6) is 0 Å². The molecule has 1 aliphatic carbocycles. The van der Waals surface area contributed by atoms with Crippen LogP contribution in [0.2, 0.25) is 0 Å². The third kappa shape index (κ3) is 1.51. The van der Waals surface area contributed by atoms with Crippen molar-refractivity contribution in [2.45, 2.75) is 12.8 Å². The van der Waals surface area contributed by atoms with Crippen molar-refractivity contribution >= 4 is 0 Å². The van der Waals surface area contributed by atoms with Gasteiger partial charge in [0.05, 0.1) is 0 Å². The fourth-order valence-electron chi connectivity index (χ4n) is 1.33. The number of benzene rings is 1. The van der Waals surface area contributed by atoms with Gasteiger partial charge < -0.3 is 0 Å². The van der Waals surface area contributed by atoms with Crippen LogP contribution in [0.15, 0.2) is 36.4 Å². The lowest BCUT2D eigenvalue weighted by atomic mass is 9.89. The Labute approximate surface area is 67.6 Å². The largest absolute Gasteiger partial charge is 0.0801 e. The highest BCUT2D eigenvalue weighted by molar-refractivity contribution is 5.17. The normalized spacial score (nSPS) is 21.3. The van der Waals surface area contributed by atoms with Crippen LogP contribution >= 0.6 is 0 Å². The molecular formula is C11H11. The first kappa shape index (κ1) is 6.66. The summed E-state index contributed by atoms with van der Waals surface area (Å²) >= 11 is 0. The van der Waals surface area contributed by atoms with E-state index in [0.717, 1.165) is 6.42 Å². The van der Waals surface area contributed by atoms with Gasteiger partial charge in [-0.25, -0.2) is 0 Å². The van der Waals surface area contributed by atoms with Gasteiger partial charge in [-0.2, -0.15) is 0 Å². The Bertz CT molecular complexity index is 246. The van der Waals surface area contributed by atoms with E-state index in [1.165, 1.54) is 12.0 Å². The number of rotatable bonds is 2. The standard InChI is InChI=1S/C11H11/c1-2-5-10(6-3-1)9-11-7-4-8-11/h1-6,11H,7,9H2. The van der Waals surface area contributed by atoms with Crippen LogP contribution in [0, 0.1) is 12.0 Å². The summed E-state index contributed by atoms with van der Waals surface area (Å²) in [7, 11) is 0. The quantitative estimate of drug-likeness (QED) is 0.597. The van der Waals surface area contributed by atoms with Crippen molar-refractivity contribution < 1.29 is 0 Å². The van der Waals surface area contributed by atoms with Crippen molar-refractivity contribution in [1.29, 1.82) is 0 Å². The van der Waals surface area contributed by atoms with Crippen molar-refractivity contribution in [3.05, 3.63) is 48.0 Å². The maximum atomic E-state index is 3.27. The molecule has 0 heterocycles. The van der Waals surface area contributed by atoms with Crippen LogP contribution in [0.4, 0.5) is 0 Å². The van der Waals surface area contributed by atoms with Crippen LogP contribution < -0.4 is 0 Å². The Morgan fingerprint density at radius 2 is 2.00 bits per heavy atom. The molecule has 0 amide bonds. The van der Waals surface area contributed by atoms with Gasteiger partial charge in [-0.15, -0.1) is 0 Å². The molecule has 0 bridgehead atoms. The van der Waals surface area contributed by atoms with Gasteiger partial charge in [-0.1, -0.05) is 36.4 Å². The highest BCUT2D eigenvalue weighted by Crippen LogP contribution is 2.20. The molecule has 0 N–H and O–H groups in total. The second kappa shape index (κ2) is 2.91. The average molecular weight is 143 g/mol. The second-order valence-electron chi connectivity index (χ2n) is 2.99. The zero-order chi connectivity index (χ0) is 7.52. The molecule has 0 aromatic heterocycles. The third-order valence-electron chi connectivity index (χ3n) is 2.08. The summed E-state index contributed by atoms with van der Waals surface area (Å²) in [6, 6.07) is 10.6. The van der Waals surface area contributed by atoms with E-state index in [2.05, 4.69) is 42.5 Å². The van der Waals surface area contributed by atoms with E-state index < -0.39 is 0 Å². The Hall–Kier alpha value is -1.04. The van der Waals surface area contributed by atoms with Gasteiger partial charge >= 0.3 is 0 Å². The summed E-state index contributed by atoms with van der Waals surface area (Å²) in [5.41, 5.74) is 1.43. The van der Waals surface area contributed by atoms with Gasteiger partial charge in [-0.05, 0) is 30.4 Å². The number of hydrogen-bond donors (Lipinski definition) is 0. The van der Waals surface area contributed by atoms with Crippen molar-refractivity contribution in [3.63, 3.8) is 0 Å². The van der Waals surface area contributed by atoms with Gasteiger partial charge in [0, 0.05) is 0 Å². The Morgan fingerprint density at radius 3 is 2.55 bits per heavy atom. The molecule has 0 fully saturated rings. The zero-order valence-electron chi connectivity index (χ0n) is 6.46. The number of hydrogen-bond acceptors (Lipinski definition) is 0. The molecular weight excluding hydrogens is 132 g/mol. The van der Waals surface area contributed by atoms with Gasteiger partial charge in [0.1, 0.15) is 0 Å². The van der Waals surface area contributed by atoms with Crippen LogP contribution in [-0.4, -0.2) is 0 Å². The van der Waals surface area contributed by atoms with Crippen molar-refractivity contribution in [3.8, 4) is 0 Å². The van der Waals surface area contributed by atoms with Crippen molar-refractivity contribution in [1.82, 2.24) is 0 Å². The van der Waals surface area contributed by atoms with Crippen LogP contribution in [0.3, 0.4) is 0 Å². The fourth-order valence-corrected chi connectivity index (χ4v) is 1.33. The summed E-state index contributed by atoms with van der Waals surface area (Å²) in [6.07, 6.45) is 7.77. The van der Waals surface area contributed by atoms with Crippen molar-refractivity contribution in [2.24, 2.45) is 5.92 Å². The Balaban J connectivity index is 2.01. The Kier molecular flexibility index (Phi) is 1.76. The molecule has 1 atom stereocenters. The molecule has 1 unspecified atom stereocenters. The van der Waals surface area contributed by atoms with E-state index >= 15 is 0 Å². The van der Waals surface area contributed by atoms with E-state index in [-0.39, 0.29) is 0 Å². The average Bonchev–Trinajstić information content (AvgIpc) is 1.99. The smallest absolute Gasteiger partial charge is 0.00871 e. The van der Waals surface area contributed by atoms with Gasteiger partial charge in [0.15, 0.2) is 0 Å². The summed E-state index contributed by atoms with van der Waals surface area (Å²) in [5, 5.41) is 0. The predicted molar refractivity (Wildman–Crippen MR) is 46.1 cm³/mol. The molecule has 1 aromatic rings. The number of allylic oxidation sites excluding steroid dienone is 2. The van der Waals surface area contributed by atoms with Crippen LogP contribution in [0.25, 0.3) is 0 Å². The molecule has 0 nitrogen and oxygen atoms in total. The van der Waals surface area contributed by atoms with Crippen LogP contribution in [0.1, 0.15) is 12.0 Å². The highest BCUT2D eigenvalue weighted by atomic mass is 14.1. The maximum Gasteiger partial charge on any atom is -0.00871 e. The third-order valence-corrected chi connectivity index (χ3v) is 2.08. The second-order valence-corrected chi connectivity index (χ2v) is 2.99. The lowest BCUT2D eigenvalue weighted by Crippen LogP contribution is -2.06. The summed E-state index contributed by atoms with van der Waals surface area (Å²) in [5.74, 6) is 0.692. The molecule has 1 aliphatic rings. The molecule has 0 saturated carbocycles. The van der Waals surface area contributed by atoms with Gasteiger partial charge in [0.25, 0.3) is 0 Å². The molecule has 1 radical (unpaired) electrons. The molecule has 11 heavy (non-hydrogen) atoms. The molecule has 0 heteroatoms. The highest BCUT2D eigenvalue weighted by Gasteiger charge is 2.10. The Morgan fingerprint density at radius 1 is 1.27 bits per heavy atom.